The van der Waals surface area contributed by atoms with Crippen LogP contribution in [0.15, 0.2) is 54.1 Å². The van der Waals surface area contributed by atoms with Crippen molar-refractivity contribution in [2.24, 2.45) is 0 Å². The Hall–Kier alpha value is -2.88. The monoisotopic (exact) mass is 336 g/mol. The fourth-order valence-electron chi connectivity index (χ4n) is 2.78. The van der Waals surface area contributed by atoms with E-state index in [1.54, 1.807) is 43.5 Å². The molecule has 1 aliphatic rings. The zero-order valence-electron chi connectivity index (χ0n) is 14.2. The molecule has 0 spiro atoms. The van der Waals surface area contributed by atoms with Gasteiger partial charge >= 0.3 is 5.97 Å². The Morgan fingerprint density at radius 1 is 0.920 bits per heavy atom. The molecule has 0 saturated heterocycles. The van der Waals surface area contributed by atoms with E-state index in [2.05, 4.69) is 0 Å². The van der Waals surface area contributed by atoms with Gasteiger partial charge in [-0.05, 0) is 72.9 Å². The summed E-state index contributed by atoms with van der Waals surface area (Å²) in [6.45, 7) is 0. The van der Waals surface area contributed by atoms with Crippen molar-refractivity contribution in [1.29, 1.82) is 0 Å². The average molecular weight is 336 g/mol. The zero-order chi connectivity index (χ0) is 17.6. The minimum absolute atomic E-state index is 0.237. The van der Waals surface area contributed by atoms with Crippen LogP contribution in [0, 0.1) is 0 Å². The summed E-state index contributed by atoms with van der Waals surface area (Å²) in [4.78, 5) is 24.0. The van der Waals surface area contributed by atoms with E-state index in [1.807, 2.05) is 18.2 Å². The SMILES string of the molecule is COc1ccc(C(=O)Oc2ccc(/C=C3/CCCCC3=O)cc2)cc1. The van der Waals surface area contributed by atoms with Gasteiger partial charge < -0.3 is 9.47 Å². The predicted octanol–water partition coefficient (Wildman–Crippen LogP) is 4.44. The van der Waals surface area contributed by atoms with Crippen molar-refractivity contribution in [2.75, 3.05) is 7.11 Å². The number of benzene rings is 2. The summed E-state index contributed by atoms with van der Waals surface area (Å²) in [6, 6.07) is 13.9. The largest absolute Gasteiger partial charge is 0.497 e. The van der Waals surface area contributed by atoms with Gasteiger partial charge in [0.15, 0.2) is 5.78 Å². The Balaban J connectivity index is 1.66. The topological polar surface area (TPSA) is 52.6 Å². The van der Waals surface area contributed by atoms with Crippen molar-refractivity contribution in [3.63, 3.8) is 0 Å². The molecule has 0 aromatic heterocycles. The molecule has 4 nitrogen and oxygen atoms in total. The summed E-state index contributed by atoms with van der Waals surface area (Å²) in [5, 5.41) is 0. The minimum Gasteiger partial charge on any atom is -0.497 e. The van der Waals surface area contributed by atoms with Crippen molar-refractivity contribution in [3.8, 4) is 11.5 Å². The van der Waals surface area contributed by atoms with E-state index >= 15 is 0 Å². The van der Waals surface area contributed by atoms with Crippen molar-refractivity contribution in [2.45, 2.75) is 25.7 Å². The normalized spacial score (nSPS) is 15.9. The third-order valence-corrected chi connectivity index (χ3v) is 4.22. The van der Waals surface area contributed by atoms with Crippen LogP contribution in [0.3, 0.4) is 0 Å². The molecule has 1 fully saturated rings. The molecule has 1 aliphatic carbocycles. The highest BCUT2D eigenvalue weighted by Crippen LogP contribution is 2.23. The number of esters is 1. The third-order valence-electron chi connectivity index (χ3n) is 4.22. The summed E-state index contributed by atoms with van der Waals surface area (Å²) in [6.07, 6.45) is 5.46. The molecule has 128 valence electrons. The standard InChI is InChI=1S/C21H20O4/c1-24-18-12-8-16(9-13-18)21(23)25-19-10-6-15(7-11-19)14-17-4-2-3-5-20(17)22/h6-14H,2-5H2,1H3/b17-14-. The Morgan fingerprint density at radius 3 is 2.20 bits per heavy atom. The van der Waals surface area contributed by atoms with Crippen molar-refractivity contribution < 1.29 is 19.1 Å². The zero-order valence-corrected chi connectivity index (χ0v) is 14.2. The molecular weight excluding hydrogens is 316 g/mol. The fourth-order valence-corrected chi connectivity index (χ4v) is 2.78. The third kappa shape index (κ3) is 4.35. The van der Waals surface area contributed by atoms with Crippen LogP contribution < -0.4 is 9.47 Å². The molecule has 0 unspecified atom stereocenters. The van der Waals surface area contributed by atoms with Gasteiger partial charge in [0.1, 0.15) is 11.5 Å². The molecule has 2 aromatic carbocycles. The molecule has 0 heterocycles. The van der Waals surface area contributed by atoms with Gasteiger partial charge in [-0.25, -0.2) is 4.79 Å². The minimum atomic E-state index is -0.420. The van der Waals surface area contributed by atoms with E-state index in [9.17, 15) is 9.59 Å². The van der Waals surface area contributed by atoms with Gasteiger partial charge in [0, 0.05) is 6.42 Å². The molecule has 0 atom stereocenters. The van der Waals surface area contributed by atoms with Crippen LogP contribution in [0.2, 0.25) is 0 Å². The Bertz CT molecular complexity index is 786. The predicted molar refractivity (Wildman–Crippen MR) is 95.8 cm³/mol. The van der Waals surface area contributed by atoms with Crippen molar-refractivity contribution >= 4 is 17.8 Å². The van der Waals surface area contributed by atoms with Gasteiger partial charge in [-0.1, -0.05) is 12.1 Å². The van der Waals surface area contributed by atoms with Crippen LogP contribution in [0.25, 0.3) is 6.08 Å². The van der Waals surface area contributed by atoms with Crippen molar-refractivity contribution in [1.82, 2.24) is 0 Å². The molecule has 2 aromatic rings. The first-order valence-corrected chi connectivity index (χ1v) is 8.36. The molecule has 0 aliphatic heterocycles. The smallest absolute Gasteiger partial charge is 0.343 e. The lowest BCUT2D eigenvalue weighted by Gasteiger charge is -2.12. The average Bonchev–Trinajstić information content (AvgIpc) is 2.65. The number of hydrogen-bond acceptors (Lipinski definition) is 4. The first-order valence-electron chi connectivity index (χ1n) is 8.36. The van der Waals surface area contributed by atoms with Crippen LogP contribution in [-0.4, -0.2) is 18.9 Å². The second kappa shape index (κ2) is 7.79. The van der Waals surface area contributed by atoms with E-state index < -0.39 is 5.97 Å². The lowest BCUT2D eigenvalue weighted by Crippen LogP contribution is -2.08. The number of carbonyl (C=O) groups is 2. The molecule has 0 radical (unpaired) electrons. The van der Waals surface area contributed by atoms with E-state index in [1.165, 1.54) is 0 Å². The molecule has 25 heavy (non-hydrogen) atoms. The lowest BCUT2D eigenvalue weighted by molar-refractivity contribution is -0.116. The van der Waals surface area contributed by atoms with Crippen LogP contribution in [0.1, 0.15) is 41.6 Å². The summed E-state index contributed by atoms with van der Waals surface area (Å²) in [5.74, 6) is 0.974. The molecule has 0 amide bonds. The molecule has 0 N–H and O–H groups in total. The van der Waals surface area contributed by atoms with Gasteiger partial charge in [0.25, 0.3) is 0 Å². The molecular formula is C21H20O4. The number of methoxy groups -OCH3 is 1. The van der Waals surface area contributed by atoms with Crippen LogP contribution >= 0.6 is 0 Å². The maximum Gasteiger partial charge on any atom is 0.343 e. The maximum atomic E-state index is 12.1. The van der Waals surface area contributed by atoms with E-state index in [0.29, 0.717) is 23.5 Å². The molecule has 0 bridgehead atoms. The van der Waals surface area contributed by atoms with E-state index in [4.69, 9.17) is 9.47 Å². The molecule has 3 rings (SSSR count). The first kappa shape index (κ1) is 17.0. The summed E-state index contributed by atoms with van der Waals surface area (Å²) in [5.41, 5.74) is 2.28. The van der Waals surface area contributed by atoms with Crippen LogP contribution in [0.5, 0.6) is 11.5 Å². The second-order valence-corrected chi connectivity index (χ2v) is 5.99. The number of ketones is 1. The van der Waals surface area contributed by atoms with Crippen LogP contribution in [0.4, 0.5) is 0 Å². The number of hydrogen-bond donors (Lipinski definition) is 0. The highest BCUT2D eigenvalue weighted by Gasteiger charge is 2.14. The lowest BCUT2D eigenvalue weighted by atomic mass is 9.92. The van der Waals surface area contributed by atoms with Gasteiger partial charge in [-0.2, -0.15) is 0 Å². The van der Waals surface area contributed by atoms with Gasteiger partial charge in [-0.3, -0.25) is 4.79 Å². The Kier molecular flexibility index (Phi) is 5.29. The van der Waals surface area contributed by atoms with Crippen LogP contribution in [-0.2, 0) is 4.79 Å². The number of Topliss-reactive ketones (excluding diaryl/α,β-unsaturated/α-hetero) is 1. The highest BCUT2D eigenvalue weighted by molar-refractivity contribution is 6.00. The Labute approximate surface area is 147 Å². The number of allylic oxidation sites excluding steroid dienone is 1. The molecule has 4 heteroatoms. The first-order chi connectivity index (χ1) is 12.2. The fraction of sp³-hybridized carbons (Fsp3) is 0.238. The van der Waals surface area contributed by atoms with Crippen molar-refractivity contribution in [3.05, 3.63) is 65.2 Å². The second-order valence-electron chi connectivity index (χ2n) is 5.99. The van der Waals surface area contributed by atoms with Gasteiger partial charge in [0.2, 0.25) is 0 Å². The summed E-state index contributed by atoms with van der Waals surface area (Å²) >= 11 is 0. The summed E-state index contributed by atoms with van der Waals surface area (Å²) < 4.78 is 10.4. The van der Waals surface area contributed by atoms with E-state index in [0.717, 1.165) is 30.4 Å². The van der Waals surface area contributed by atoms with E-state index in [-0.39, 0.29) is 5.78 Å². The number of carbonyl (C=O) groups excluding carboxylic acids is 2. The number of ether oxygens (including phenoxy) is 2. The van der Waals surface area contributed by atoms with Gasteiger partial charge in [0.05, 0.1) is 12.7 Å². The molecule has 1 saturated carbocycles. The van der Waals surface area contributed by atoms with Gasteiger partial charge in [-0.15, -0.1) is 0 Å². The maximum absolute atomic E-state index is 12.1. The quantitative estimate of drug-likeness (QED) is 0.470. The highest BCUT2D eigenvalue weighted by atomic mass is 16.5. The Morgan fingerprint density at radius 2 is 1.56 bits per heavy atom. The number of rotatable bonds is 4. The summed E-state index contributed by atoms with van der Waals surface area (Å²) in [7, 11) is 1.57.